The highest BCUT2D eigenvalue weighted by atomic mass is 79.9. The highest BCUT2D eigenvalue weighted by Gasteiger charge is 2.34. The molecule has 0 aliphatic rings. The summed E-state index contributed by atoms with van der Waals surface area (Å²) in [5.41, 5.74) is -4.58. The van der Waals surface area contributed by atoms with Crippen LogP contribution < -0.4 is 0 Å². The van der Waals surface area contributed by atoms with Crippen LogP contribution in [0.25, 0.3) is 0 Å². The Labute approximate surface area is 101 Å². The lowest BCUT2D eigenvalue weighted by Crippen LogP contribution is -2.02. The molecule has 0 unspecified atom stereocenters. The summed E-state index contributed by atoms with van der Waals surface area (Å²) >= 11 is 2.42. The fraction of sp³-hybridized carbons (Fsp3) is 0.250. The van der Waals surface area contributed by atoms with Gasteiger partial charge in [0, 0.05) is 0 Å². The van der Waals surface area contributed by atoms with E-state index in [2.05, 4.69) is 15.9 Å². The number of nitrogens with zero attached hydrogens (tertiary/aromatic N) is 1. The predicted molar refractivity (Wildman–Crippen MR) is 57.4 cm³/mol. The minimum atomic E-state index is -4.54. The number of alkyl halides is 3. The van der Waals surface area contributed by atoms with E-state index in [1.807, 2.05) is 0 Å². The molecule has 0 saturated carbocycles. The molecule has 8 heteroatoms. The maximum Gasteiger partial charge on any atom is 0.446 e. The molecule has 0 amide bonds. The molecule has 16 heavy (non-hydrogen) atoms. The van der Waals surface area contributed by atoms with E-state index in [-0.39, 0.29) is 4.47 Å². The average Bonchev–Trinajstić information content (AvgIpc) is 2.08. The third-order valence-corrected chi connectivity index (χ3v) is 3.46. The quantitative estimate of drug-likeness (QED) is 0.465. The van der Waals surface area contributed by atoms with E-state index < -0.39 is 32.8 Å². The molecule has 0 saturated heterocycles. The largest absolute Gasteiger partial charge is 0.446 e. The Kier molecular flexibility index (Phi) is 3.84. The molecule has 0 atom stereocenters. The first-order valence-corrected chi connectivity index (χ1v) is 5.52. The van der Waals surface area contributed by atoms with Crippen LogP contribution in [0.4, 0.5) is 18.9 Å². The maximum atomic E-state index is 12.1. The lowest BCUT2D eigenvalue weighted by molar-refractivity contribution is -0.388. The lowest BCUT2D eigenvalue weighted by Gasteiger charge is -2.08. The zero-order valence-corrected chi connectivity index (χ0v) is 10.2. The molecule has 0 bridgehead atoms. The highest BCUT2D eigenvalue weighted by molar-refractivity contribution is 9.10. The molecule has 0 spiro atoms. The number of rotatable bonds is 2. The number of thioether (sulfide) groups is 1. The molecule has 0 radical (unpaired) electrons. The van der Waals surface area contributed by atoms with Crippen molar-refractivity contribution in [2.75, 3.05) is 0 Å². The van der Waals surface area contributed by atoms with E-state index in [1.54, 1.807) is 6.92 Å². The zero-order chi connectivity index (χ0) is 12.5. The lowest BCUT2D eigenvalue weighted by atomic mass is 10.2. The summed E-state index contributed by atoms with van der Waals surface area (Å²) in [5.74, 6) is 0. The number of nitro groups is 1. The van der Waals surface area contributed by atoms with E-state index in [1.165, 1.54) is 6.07 Å². The van der Waals surface area contributed by atoms with Crippen molar-refractivity contribution in [1.29, 1.82) is 0 Å². The molecule has 0 aliphatic carbocycles. The highest BCUT2D eigenvalue weighted by Crippen LogP contribution is 2.44. The van der Waals surface area contributed by atoms with Gasteiger partial charge in [-0.15, -0.1) is 0 Å². The van der Waals surface area contributed by atoms with Crippen molar-refractivity contribution in [3.63, 3.8) is 0 Å². The van der Waals surface area contributed by atoms with E-state index >= 15 is 0 Å². The summed E-state index contributed by atoms with van der Waals surface area (Å²) in [4.78, 5) is 9.43. The number of hydrogen-bond acceptors (Lipinski definition) is 3. The third-order valence-electron chi connectivity index (χ3n) is 1.68. The standard InChI is InChI=1S/C8H5BrF3NO2S/c1-4-2-3-5(16-8(10,11)12)7(6(4)9)13(14)15/h2-3H,1H3. The van der Waals surface area contributed by atoms with Gasteiger partial charge in [-0.1, -0.05) is 6.07 Å². The fourth-order valence-electron chi connectivity index (χ4n) is 1.02. The van der Waals surface area contributed by atoms with Gasteiger partial charge in [0.05, 0.1) is 14.3 Å². The SMILES string of the molecule is Cc1ccc(SC(F)(F)F)c([N+](=O)[O-])c1Br. The number of halogens is 4. The second-order valence-corrected chi connectivity index (χ2v) is 4.75. The first kappa shape index (κ1) is 13.3. The molecule has 88 valence electrons. The smallest absolute Gasteiger partial charge is 0.258 e. The van der Waals surface area contributed by atoms with Crippen molar-refractivity contribution in [3.8, 4) is 0 Å². The van der Waals surface area contributed by atoms with Gasteiger partial charge in [0.15, 0.2) is 0 Å². The first-order valence-electron chi connectivity index (χ1n) is 3.91. The molecule has 3 nitrogen and oxygen atoms in total. The Hall–Kier alpha value is -0.760. The summed E-state index contributed by atoms with van der Waals surface area (Å²) in [5, 5.41) is 10.7. The normalized spacial score (nSPS) is 11.6. The van der Waals surface area contributed by atoms with Crippen molar-refractivity contribution in [2.45, 2.75) is 17.3 Å². The van der Waals surface area contributed by atoms with E-state index in [4.69, 9.17) is 0 Å². The summed E-state index contributed by atoms with van der Waals surface area (Å²) in [6.07, 6.45) is 0. The van der Waals surface area contributed by atoms with Gasteiger partial charge >= 0.3 is 5.51 Å². The average molecular weight is 316 g/mol. The van der Waals surface area contributed by atoms with Crippen LogP contribution in [0.1, 0.15) is 5.56 Å². The number of aryl methyl sites for hydroxylation is 1. The minimum absolute atomic E-state index is 0.0757. The van der Waals surface area contributed by atoms with E-state index in [9.17, 15) is 23.3 Å². The van der Waals surface area contributed by atoms with Gasteiger partial charge in [-0.25, -0.2) is 0 Å². The molecular weight excluding hydrogens is 311 g/mol. The summed E-state index contributed by atoms with van der Waals surface area (Å²) in [7, 11) is 0. The van der Waals surface area contributed by atoms with Crippen molar-refractivity contribution in [3.05, 3.63) is 32.3 Å². The van der Waals surface area contributed by atoms with Gasteiger partial charge in [0.1, 0.15) is 0 Å². The van der Waals surface area contributed by atoms with Gasteiger partial charge in [-0.05, 0) is 46.2 Å². The van der Waals surface area contributed by atoms with Gasteiger partial charge in [0.2, 0.25) is 0 Å². The monoisotopic (exact) mass is 315 g/mol. The minimum Gasteiger partial charge on any atom is -0.258 e. The predicted octanol–water partition coefficient (Wildman–Crippen LogP) is 4.28. The molecule has 1 aromatic rings. The molecule has 0 N–H and O–H groups in total. The van der Waals surface area contributed by atoms with Crippen LogP contribution in [0.15, 0.2) is 21.5 Å². The summed E-state index contributed by atoms with van der Waals surface area (Å²) in [6, 6.07) is 2.49. The maximum absolute atomic E-state index is 12.1. The van der Waals surface area contributed by atoms with Crippen LogP contribution in [-0.2, 0) is 0 Å². The molecule has 1 rings (SSSR count). The van der Waals surface area contributed by atoms with Crippen molar-refractivity contribution < 1.29 is 18.1 Å². The zero-order valence-electron chi connectivity index (χ0n) is 7.84. The Morgan fingerprint density at radius 3 is 2.44 bits per heavy atom. The van der Waals surface area contributed by atoms with Crippen LogP contribution in [-0.4, -0.2) is 10.4 Å². The van der Waals surface area contributed by atoms with E-state index in [0.717, 1.165) is 6.07 Å². The number of nitro benzene ring substituents is 1. The van der Waals surface area contributed by atoms with Crippen molar-refractivity contribution in [1.82, 2.24) is 0 Å². The van der Waals surface area contributed by atoms with Gasteiger partial charge in [-0.2, -0.15) is 13.2 Å². The summed E-state index contributed by atoms with van der Waals surface area (Å²) in [6.45, 7) is 1.57. The summed E-state index contributed by atoms with van der Waals surface area (Å²) < 4.78 is 36.5. The molecule has 0 aliphatic heterocycles. The molecule has 0 heterocycles. The molecule has 0 aromatic heterocycles. The molecular formula is C8H5BrF3NO2S. The Morgan fingerprint density at radius 2 is 2.00 bits per heavy atom. The van der Waals surface area contributed by atoms with Crippen LogP contribution in [0.3, 0.4) is 0 Å². The van der Waals surface area contributed by atoms with Gasteiger partial charge in [-0.3, -0.25) is 10.1 Å². The van der Waals surface area contributed by atoms with E-state index in [0.29, 0.717) is 5.56 Å². The third kappa shape index (κ3) is 3.11. The van der Waals surface area contributed by atoms with Crippen LogP contribution in [0.2, 0.25) is 0 Å². The second-order valence-electron chi connectivity index (χ2n) is 2.85. The Morgan fingerprint density at radius 1 is 1.44 bits per heavy atom. The van der Waals surface area contributed by atoms with Crippen LogP contribution >= 0.6 is 27.7 Å². The van der Waals surface area contributed by atoms with Gasteiger partial charge in [0.25, 0.3) is 5.69 Å². The Bertz CT molecular complexity index is 436. The van der Waals surface area contributed by atoms with Crippen LogP contribution in [0, 0.1) is 17.0 Å². The van der Waals surface area contributed by atoms with Crippen LogP contribution in [0.5, 0.6) is 0 Å². The van der Waals surface area contributed by atoms with Crippen molar-refractivity contribution >= 4 is 33.4 Å². The molecule has 0 fully saturated rings. The van der Waals surface area contributed by atoms with Crippen molar-refractivity contribution in [2.24, 2.45) is 0 Å². The number of benzene rings is 1. The molecule has 1 aromatic carbocycles. The topological polar surface area (TPSA) is 43.1 Å². The van der Waals surface area contributed by atoms with Gasteiger partial charge < -0.3 is 0 Å². The first-order chi connectivity index (χ1) is 7.22. The number of hydrogen-bond donors (Lipinski definition) is 0. The second kappa shape index (κ2) is 4.62. The fourth-order valence-corrected chi connectivity index (χ4v) is 2.31. The Balaban J connectivity index is 3.29.